The number of hydrogen-bond donors (Lipinski definition) is 1. The van der Waals surface area contributed by atoms with E-state index in [1.54, 1.807) is 4.80 Å². The Bertz CT molecular complexity index is 911. The molecule has 5 nitrogen and oxygen atoms in total. The van der Waals surface area contributed by atoms with Crippen LogP contribution in [0, 0.1) is 35.0 Å². The lowest BCUT2D eigenvalue weighted by Gasteiger charge is -2.59. The Labute approximate surface area is 190 Å². The molecule has 1 N–H and O–H groups in total. The van der Waals surface area contributed by atoms with Crippen molar-refractivity contribution in [3.05, 3.63) is 11.9 Å². The van der Waals surface area contributed by atoms with Crippen LogP contribution in [0.2, 0.25) is 0 Å². The lowest BCUT2D eigenvalue weighted by Crippen LogP contribution is -2.58. The normalized spacial score (nSPS) is 48.1. The van der Waals surface area contributed by atoms with Gasteiger partial charge in [0, 0.05) is 11.8 Å². The van der Waals surface area contributed by atoms with Gasteiger partial charge in [0.2, 0.25) is 0 Å². The standard InChI is InChI=1S/C26H38FN3O2/c1-24(32)11-12-26(27)17(13-24)5-6-18-19-7-8-21(25(19,2)10-9-20(18)26)23(31)15-30-28-14-22(29-30)16-3-4-16/h14,16-21,32H,3-13,15H2,1-2H3/t17-,18+,19?,20+,21-,24-,25+,26-/m1/s1. The minimum absolute atomic E-state index is 0.00208. The molecule has 0 bridgehead atoms. The first-order chi connectivity index (χ1) is 15.2. The van der Waals surface area contributed by atoms with Gasteiger partial charge in [-0.2, -0.15) is 15.0 Å². The Morgan fingerprint density at radius 3 is 2.69 bits per heavy atom. The summed E-state index contributed by atoms with van der Waals surface area (Å²) < 4.78 is 16.5. The molecule has 0 amide bonds. The van der Waals surface area contributed by atoms with E-state index in [9.17, 15) is 9.90 Å². The molecule has 1 aromatic heterocycles. The van der Waals surface area contributed by atoms with E-state index in [2.05, 4.69) is 17.1 Å². The Balaban J connectivity index is 1.18. The van der Waals surface area contributed by atoms with Gasteiger partial charge in [-0.3, -0.25) is 4.79 Å². The van der Waals surface area contributed by atoms with Crippen LogP contribution in [-0.4, -0.2) is 37.2 Å². The second-order valence-electron chi connectivity index (χ2n) is 12.5. The number of aliphatic hydroxyl groups is 1. The number of carbonyl (C=O) groups excluding carboxylic acids is 1. The van der Waals surface area contributed by atoms with Gasteiger partial charge in [0.1, 0.15) is 12.2 Å². The molecule has 176 valence electrons. The highest BCUT2D eigenvalue weighted by atomic mass is 19.1. The first-order valence-electron chi connectivity index (χ1n) is 13.0. The molecule has 0 saturated heterocycles. The largest absolute Gasteiger partial charge is 0.390 e. The van der Waals surface area contributed by atoms with Gasteiger partial charge in [-0.15, -0.1) is 0 Å². The third kappa shape index (κ3) is 3.22. The topological polar surface area (TPSA) is 68.0 Å². The van der Waals surface area contributed by atoms with Crippen LogP contribution in [0.15, 0.2) is 6.20 Å². The molecule has 5 aliphatic carbocycles. The SMILES string of the molecule is C[C@@]1(O)CC[C@@]2(F)[C@H](CC[C@H]3C4CC[C@H](C(=O)Cn5ncc(C6CC6)n5)[C@@]4(C)CC[C@@H]32)C1. The summed E-state index contributed by atoms with van der Waals surface area (Å²) in [4.78, 5) is 15.0. The van der Waals surface area contributed by atoms with Crippen molar-refractivity contribution >= 4 is 5.78 Å². The fraction of sp³-hybridized carbons (Fsp3) is 0.885. The molecule has 0 aromatic carbocycles. The molecular formula is C26H38FN3O2. The number of aromatic nitrogens is 3. The number of carbonyl (C=O) groups is 1. The fourth-order valence-electron chi connectivity index (χ4n) is 8.71. The molecule has 0 spiro atoms. The quantitative estimate of drug-likeness (QED) is 0.723. The summed E-state index contributed by atoms with van der Waals surface area (Å²) in [6.07, 6.45) is 11.7. The Hall–Kier alpha value is -1.30. The predicted octanol–water partition coefficient (Wildman–Crippen LogP) is 4.84. The van der Waals surface area contributed by atoms with Gasteiger partial charge in [0.15, 0.2) is 5.78 Å². The summed E-state index contributed by atoms with van der Waals surface area (Å²) in [6.45, 7) is 4.47. The van der Waals surface area contributed by atoms with Crippen LogP contribution >= 0.6 is 0 Å². The summed E-state index contributed by atoms with van der Waals surface area (Å²) in [6, 6.07) is 0. The Kier molecular flexibility index (Phi) is 4.71. The van der Waals surface area contributed by atoms with E-state index >= 15 is 4.39 Å². The minimum atomic E-state index is -1.12. The summed E-state index contributed by atoms with van der Waals surface area (Å²) >= 11 is 0. The third-order valence-corrected chi connectivity index (χ3v) is 10.5. The van der Waals surface area contributed by atoms with Crippen LogP contribution in [0.3, 0.4) is 0 Å². The maximum atomic E-state index is 16.5. The fourth-order valence-corrected chi connectivity index (χ4v) is 8.71. The van der Waals surface area contributed by atoms with E-state index in [0.717, 1.165) is 44.2 Å². The van der Waals surface area contributed by atoms with E-state index < -0.39 is 11.3 Å². The van der Waals surface area contributed by atoms with Gasteiger partial charge < -0.3 is 5.11 Å². The molecule has 0 aliphatic heterocycles. The van der Waals surface area contributed by atoms with Crippen molar-refractivity contribution < 1.29 is 14.3 Å². The van der Waals surface area contributed by atoms with E-state index in [1.807, 2.05) is 13.1 Å². The molecule has 0 radical (unpaired) electrons. The van der Waals surface area contributed by atoms with Crippen LogP contribution in [0.4, 0.5) is 4.39 Å². The van der Waals surface area contributed by atoms with Gasteiger partial charge in [0.05, 0.1) is 17.5 Å². The zero-order chi connectivity index (χ0) is 22.3. The molecule has 5 aliphatic rings. The molecule has 32 heavy (non-hydrogen) atoms. The number of halogens is 1. The third-order valence-electron chi connectivity index (χ3n) is 10.5. The predicted molar refractivity (Wildman–Crippen MR) is 119 cm³/mol. The van der Waals surface area contributed by atoms with Crippen molar-refractivity contribution in [1.29, 1.82) is 0 Å². The van der Waals surface area contributed by atoms with E-state index in [0.29, 0.717) is 37.0 Å². The molecular weight excluding hydrogens is 405 g/mol. The van der Waals surface area contributed by atoms with Crippen LogP contribution < -0.4 is 0 Å². The molecule has 6 heteroatoms. The number of Topliss-reactive ketones (excluding diaryl/α,β-unsaturated/α-hetero) is 1. The zero-order valence-corrected chi connectivity index (χ0v) is 19.6. The molecule has 1 aromatic rings. The van der Waals surface area contributed by atoms with Crippen LogP contribution in [0.1, 0.15) is 96.1 Å². The van der Waals surface area contributed by atoms with Crippen LogP contribution in [0.5, 0.6) is 0 Å². The second kappa shape index (κ2) is 7.10. The number of rotatable bonds is 4. The lowest BCUT2D eigenvalue weighted by molar-refractivity contribution is -0.166. The number of alkyl halides is 1. The molecule has 1 heterocycles. The molecule has 6 rings (SSSR count). The van der Waals surface area contributed by atoms with Crippen molar-refractivity contribution in [3.8, 4) is 0 Å². The summed E-state index contributed by atoms with van der Waals surface area (Å²) in [7, 11) is 0. The smallest absolute Gasteiger partial charge is 0.159 e. The van der Waals surface area contributed by atoms with Gasteiger partial charge in [-0.1, -0.05) is 6.92 Å². The second-order valence-corrected chi connectivity index (χ2v) is 12.5. The average Bonchev–Trinajstić information content (AvgIpc) is 3.38. The van der Waals surface area contributed by atoms with Gasteiger partial charge >= 0.3 is 0 Å². The van der Waals surface area contributed by atoms with E-state index in [1.165, 1.54) is 12.8 Å². The highest BCUT2D eigenvalue weighted by Crippen LogP contribution is 2.66. The maximum Gasteiger partial charge on any atom is 0.159 e. The monoisotopic (exact) mass is 443 g/mol. The molecule has 5 saturated carbocycles. The van der Waals surface area contributed by atoms with Crippen molar-refractivity contribution in [1.82, 2.24) is 15.0 Å². The van der Waals surface area contributed by atoms with Crippen LogP contribution in [-0.2, 0) is 11.3 Å². The zero-order valence-electron chi connectivity index (χ0n) is 19.6. The van der Waals surface area contributed by atoms with Gasteiger partial charge in [0.25, 0.3) is 0 Å². The van der Waals surface area contributed by atoms with Gasteiger partial charge in [-0.05, 0) is 107 Å². The lowest BCUT2D eigenvalue weighted by atomic mass is 9.48. The Morgan fingerprint density at radius 1 is 1.09 bits per heavy atom. The number of nitrogens with zero attached hydrogens (tertiary/aromatic N) is 3. The number of ketones is 1. The number of fused-ring (bicyclic) bond motifs is 5. The molecule has 8 atom stereocenters. The van der Waals surface area contributed by atoms with Crippen molar-refractivity contribution in [2.45, 2.75) is 108 Å². The van der Waals surface area contributed by atoms with E-state index in [-0.39, 0.29) is 35.5 Å². The van der Waals surface area contributed by atoms with Crippen molar-refractivity contribution in [2.24, 2.45) is 35.0 Å². The highest BCUT2D eigenvalue weighted by Gasteiger charge is 2.63. The first kappa shape index (κ1) is 21.2. The van der Waals surface area contributed by atoms with Crippen molar-refractivity contribution in [2.75, 3.05) is 0 Å². The molecule has 5 fully saturated rings. The summed E-state index contributed by atoms with van der Waals surface area (Å²) in [5, 5.41) is 19.5. The highest BCUT2D eigenvalue weighted by molar-refractivity contribution is 5.82. The van der Waals surface area contributed by atoms with Crippen molar-refractivity contribution in [3.63, 3.8) is 0 Å². The van der Waals surface area contributed by atoms with Crippen LogP contribution in [0.25, 0.3) is 0 Å². The minimum Gasteiger partial charge on any atom is -0.390 e. The Morgan fingerprint density at radius 2 is 1.91 bits per heavy atom. The maximum absolute atomic E-state index is 16.5. The summed E-state index contributed by atoms with van der Waals surface area (Å²) in [5.41, 5.74) is -0.813. The molecule has 1 unspecified atom stereocenters. The van der Waals surface area contributed by atoms with Gasteiger partial charge in [-0.25, -0.2) is 4.39 Å². The van der Waals surface area contributed by atoms with E-state index in [4.69, 9.17) is 0 Å². The average molecular weight is 444 g/mol. The first-order valence-corrected chi connectivity index (χ1v) is 13.0. The number of hydrogen-bond acceptors (Lipinski definition) is 4. The summed E-state index contributed by atoms with van der Waals surface area (Å²) in [5.74, 6) is 1.81.